The Labute approximate surface area is 308 Å². The number of para-hydroxylation sites is 2. The molecule has 0 bridgehead atoms. The molecule has 0 radical (unpaired) electrons. The summed E-state index contributed by atoms with van der Waals surface area (Å²) in [5, 5.41) is 11.2. The normalized spacial score (nSPS) is 13.7. The number of fused-ring (bicyclic) bond motifs is 8. The average molecular weight is 720 g/mol. The zero-order valence-electron chi connectivity index (χ0n) is 28.3. The van der Waals surface area contributed by atoms with E-state index >= 15 is 0 Å². The van der Waals surface area contributed by atoms with Gasteiger partial charge in [-0.05, 0) is 42.8 Å². The standard InChI is InChI=1S/C21H18N2O2.C20H16N2O2.2ClH/c1-25-21(24)19-14-8-6-10-16-18(14)20(23-12-5-4-11-17(19)23)13-7-2-3-9-15(13)22-16;1-24-20(23)18-13-7-4-9-15-17(13)19(22-11-5-10-16(18)22)12-6-2-3-8-14(12)21-15;;/h2-3,6-10H,4-5,11-12H2,1H3;2-4,6-9H,5,10-11H2,1H3;2*1H. The number of hydrogen-bond donors (Lipinski definition) is 2. The molecule has 0 amide bonds. The SMILES string of the molecule is COC(=O)c1c2[n+](c3c4c(cccc14)Nc1ccccc1-3)CCC2.COC(=O)c1c2[n+](c3c4c(cccc14)Nc1ccccc1-3)CCCC2.[Cl-].[Cl-]. The molecule has 10 rings (SSSR count). The lowest BCUT2D eigenvalue weighted by Crippen LogP contribution is -3.00. The highest BCUT2D eigenvalue weighted by Crippen LogP contribution is 2.45. The molecular weight excluding hydrogens is 683 g/mol. The molecule has 0 saturated heterocycles. The van der Waals surface area contributed by atoms with E-state index in [1.54, 1.807) is 0 Å². The second-order valence-corrected chi connectivity index (χ2v) is 13.0. The first kappa shape index (κ1) is 34.3. The minimum absolute atomic E-state index is 0. The third-order valence-electron chi connectivity index (χ3n) is 10.4. The van der Waals surface area contributed by atoms with Crippen molar-refractivity contribution in [1.82, 2.24) is 0 Å². The summed E-state index contributed by atoms with van der Waals surface area (Å²) in [5.74, 6) is -0.489. The molecule has 4 aromatic carbocycles. The average Bonchev–Trinajstić information content (AvgIpc) is 3.64. The summed E-state index contributed by atoms with van der Waals surface area (Å²) in [7, 11) is 2.92. The van der Waals surface area contributed by atoms with Crippen LogP contribution in [0.25, 0.3) is 44.1 Å². The molecule has 4 aliphatic heterocycles. The largest absolute Gasteiger partial charge is 1.00 e. The van der Waals surface area contributed by atoms with Gasteiger partial charge in [0, 0.05) is 36.5 Å². The van der Waals surface area contributed by atoms with Gasteiger partial charge < -0.3 is 44.9 Å². The highest BCUT2D eigenvalue weighted by molar-refractivity contribution is 6.16. The number of aromatic nitrogens is 2. The fourth-order valence-corrected chi connectivity index (χ4v) is 8.45. The van der Waals surface area contributed by atoms with Crippen molar-refractivity contribution in [3.63, 3.8) is 0 Å². The number of methoxy groups -OCH3 is 2. The van der Waals surface area contributed by atoms with Crippen LogP contribution in [0.15, 0.2) is 84.9 Å². The molecule has 0 aliphatic carbocycles. The van der Waals surface area contributed by atoms with Crippen molar-refractivity contribution < 1.29 is 53.0 Å². The van der Waals surface area contributed by atoms with Gasteiger partial charge in [-0.3, -0.25) is 0 Å². The number of benzene rings is 4. The lowest BCUT2D eigenvalue weighted by molar-refractivity contribution is -0.697. The molecule has 6 aromatic rings. The van der Waals surface area contributed by atoms with E-state index < -0.39 is 0 Å². The molecule has 258 valence electrons. The van der Waals surface area contributed by atoms with E-state index in [4.69, 9.17) is 9.47 Å². The molecule has 10 heteroatoms. The van der Waals surface area contributed by atoms with Crippen LogP contribution in [0.2, 0.25) is 0 Å². The molecule has 4 aliphatic rings. The Bertz CT molecular complexity index is 2410. The number of anilines is 4. The summed E-state index contributed by atoms with van der Waals surface area (Å²) in [6, 6.07) is 29.0. The van der Waals surface area contributed by atoms with Crippen LogP contribution >= 0.6 is 0 Å². The van der Waals surface area contributed by atoms with Crippen molar-refractivity contribution >= 4 is 56.2 Å². The van der Waals surface area contributed by atoms with Gasteiger partial charge in [-0.2, -0.15) is 9.13 Å². The summed E-state index contributed by atoms with van der Waals surface area (Å²) in [6.45, 7) is 1.88. The second kappa shape index (κ2) is 13.5. The summed E-state index contributed by atoms with van der Waals surface area (Å²) < 4.78 is 14.9. The van der Waals surface area contributed by atoms with Gasteiger partial charge in [0.1, 0.15) is 24.2 Å². The van der Waals surface area contributed by atoms with E-state index in [1.165, 1.54) is 36.7 Å². The van der Waals surface area contributed by atoms with Crippen LogP contribution in [0.1, 0.15) is 51.4 Å². The molecule has 0 atom stereocenters. The molecule has 2 aromatic heterocycles. The van der Waals surface area contributed by atoms with Crippen molar-refractivity contribution in [1.29, 1.82) is 0 Å². The fourth-order valence-electron chi connectivity index (χ4n) is 8.45. The Morgan fingerprint density at radius 3 is 1.47 bits per heavy atom. The zero-order chi connectivity index (χ0) is 33.2. The Morgan fingerprint density at radius 2 is 0.980 bits per heavy atom. The van der Waals surface area contributed by atoms with Gasteiger partial charge in [-0.25, -0.2) is 9.59 Å². The van der Waals surface area contributed by atoms with Gasteiger partial charge in [-0.1, -0.05) is 48.5 Å². The topological polar surface area (TPSA) is 84.4 Å². The maximum atomic E-state index is 12.6. The van der Waals surface area contributed by atoms with E-state index in [1.807, 2.05) is 30.3 Å². The van der Waals surface area contributed by atoms with Crippen LogP contribution < -0.4 is 44.6 Å². The van der Waals surface area contributed by atoms with Crippen molar-refractivity contribution in [2.45, 2.75) is 45.2 Å². The monoisotopic (exact) mass is 718 g/mol. The first-order chi connectivity index (χ1) is 24.1. The predicted molar refractivity (Wildman–Crippen MR) is 190 cm³/mol. The number of hydrogen-bond acceptors (Lipinski definition) is 6. The number of carbonyl (C=O) groups is 2. The van der Waals surface area contributed by atoms with Crippen LogP contribution in [-0.2, 0) is 35.4 Å². The fraction of sp³-hybridized carbons (Fsp3) is 0.220. The summed E-state index contributed by atoms with van der Waals surface area (Å²) >= 11 is 0. The molecule has 6 heterocycles. The van der Waals surface area contributed by atoms with Crippen molar-refractivity contribution in [3.8, 4) is 22.5 Å². The second-order valence-electron chi connectivity index (χ2n) is 13.0. The number of pyridine rings is 2. The number of rotatable bonds is 2. The van der Waals surface area contributed by atoms with Crippen molar-refractivity contribution in [2.75, 3.05) is 24.9 Å². The van der Waals surface area contributed by atoms with Gasteiger partial charge in [-0.15, -0.1) is 0 Å². The summed E-state index contributed by atoms with van der Waals surface area (Å²) in [4.78, 5) is 25.1. The quantitative estimate of drug-likeness (QED) is 0.209. The van der Waals surface area contributed by atoms with Gasteiger partial charge in [0.05, 0.1) is 58.9 Å². The minimum Gasteiger partial charge on any atom is -1.00 e. The van der Waals surface area contributed by atoms with Crippen molar-refractivity contribution in [2.24, 2.45) is 0 Å². The zero-order valence-corrected chi connectivity index (χ0v) is 29.8. The van der Waals surface area contributed by atoms with E-state index in [9.17, 15) is 9.59 Å². The Balaban J connectivity index is 0.000000153. The highest BCUT2D eigenvalue weighted by atomic mass is 35.5. The van der Waals surface area contributed by atoms with Gasteiger partial charge >= 0.3 is 11.9 Å². The summed E-state index contributed by atoms with van der Waals surface area (Å²) in [6.07, 6.45) is 5.11. The number of carbonyl (C=O) groups excluding carboxylic acids is 2. The Morgan fingerprint density at radius 1 is 0.549 bits per heavy atom. The number of halogens is 2. The van der Waals surface area contributed by atoms with Gasteiger partial charge in [0.2, 0.25) is 11.4 Å². The third-order valence-corrected chi connectivity index (χ3v) is 10.4. The van der Waals surface area contributed by atoms with Gasteiger partial charge in [0.25, 0.3) is 0 Å². The smallest absolute Gasteiger partial charge is 0.344 e. The molecule has 51 heavy (non-hydrogen) atoms. The van der Waals surface area contributed by atoms with Crippen molar-refractivity contribution in [3.05, 3.63) is 107 Å². The maximum Gasteiger partial charge on any atom is 0.344 e. The molecule has 0 saturated carbocycles. The van der Waals surface area contributed by atoms with Gasteiger partial charge in [0.15, 0.2) is 11.4 Å². The first-order valence-electron chi connectivity index (χ1n) is 17.0. The first-order valence-corrected chi connectivity index (χ1v) is 17.0. The van der Waals surface area contributed by atoms with Crippen LogP contribution in [0, 0.1) is 0 Å². The van der Waals surface area contributed by atoms with Crippen LogP contribution in [-0.4, -0.2) is 26.2 Å². The van der Waals surface area contributed by atoms with Crippen LogP contribution in [0.3, 0.4) is 0 Å². The highest BCUT2D eigenvalue weighted by Gasteiger charge is 2.38. The molecular formula is C41H36Cl2N4O4. The number of nitrogens with zero attached hydrogens (tertiary/aromatic N) is 2. The molecule has 0 fully saturated rings. The maximum absolute atomic E-state index is 12.6. The van der Waals surface area contributed by atoms with E-state index in [0.29, 0.717) is 0 Å². The van der Waals surface area contributed by atoms with E-state index in [0.717, 1.165) is 112 Å². The number of nitrogens with one attached hydrogen (secondary N) is 2. The lowest BCUT2D eigenvalue weighted by atomic mass is 9.90. The third kappa shape index (κ3) is 5.19. The van der Waals surface area contributed by atoms with Crippen LogP contribution in [0.4, 0.5) is 22.7 Å². The number of esters is 2. The molecule has 0 spiro atoms. The van der Waals surface area contributed by atoms with E-state index in [-0.39, 0.29) is 36.8 Å². The van der Waals surface area contributed by atoms with E-state index in [2.05, 4.69) is 74.4 Å². The number of ether oxygens (including phenoxy) is 2. The Kier molecular flexibility index (Phi) is 9.08. The Hall–Kier alpha value is -5.18. The van der Waals surface area contributed by atoms with Crippen LogP contribution in [0.5, 0.6) is 0 Å². The molecule has 0 unspecified atom stereocenters. The summed E-state index contributed by atoms with van der Waals surface area (Å²) in [5.41, 5.74) is 12.8. The predicted octanol–water partition coefficient (Wildman–Crippen LogP) is 1.57. The lowest BCUT2D eigenvalue weighted by Gasteiger charge is -2.25. The minimum atomic E-state index is -0.247. The molecule has 2 N–H and O–H groups in total. The molecule has 8 nitrogen and oxygen atoms in total.